The Bertz CT molecular complexity index is 762. The Morgan fingerprint density at radius 3 is 2.96 bits per heavy atom. The van der Waals surface area contributed by atoms with E-state index >= 15 is 0 Å². The third-order valence-corrected chi connectivity index (χ3v) is 5.94. The summed E-state index contributed by atoms with van der Waals surface area (Å²) in [5.41, 5.74) is 1.99. The number of hydrogen-bond acceptors (Lipinski definition) is 4. The molecular formula is C22H30N4O2. The number of carbonyl (C=O) groups excluding carboxylic acids is 1. The average Bonchev–Trinajstić information content (AvgIpc) is 3.26. The quantitative estimate of drug-likeness (QED) is 0.823. The predicted octanol–water partition coefficient (Wildman–Crippen LogP) is 3.12. The molecule has 3 heterocycles. The first kappa shape index (κ1) is 19.0. The lowest BCUT2D eigenvalue weighted by molar-refractivity contribution is 0.0682. The van der Waals surface area contributed by atoms with Crippen LogP contribution in [-0.2, 0) is 6.42 Å². The van der Waals surface area contributed by atoms with E-state index in [0.29, 0.717) is 24.8 Å². The normalized spacial score (nSPS) is 22.0. The van der Waals surface area contributed by atoms with Gasteiger partial charge in [-0.3, -0.25) is 14.8 Å². The van der Waals surface area contributed by atoms with Crippen molar-refractivity contribution in [2.75, 3.05) is 32.8 Å². The molecular weight excluding hydrogens is 352 g/mol. The van der Waals surface area contributed by atoms with Crippen LogP contribution in [0, 0.1) is 0 Å². The van der Waals surface area contributed by atoms with Crippen molar-refractivity contribution in [2.45, 2.75) is 44.6 Å². The number of aromatic amines is 1. The number of amides is 1. The molecule has 6 nitrogen and oxygen atoms in total. The molecule has 2 aliphatic rings. The van der Waals surface area contributed by atoms with E-state index in [1.807, 2.05) is 11.0 Å². The second-order valence-corrected chi connectivity index (χ2v) is 7.85. The summed E-state index contributed by atoms with van der Waals surface area (Å²) >= 11 is 0. The standard InChI is InChI=1S/C22H30N4O2/c27-22(19-16-23-24-17-19)26-11-4-14-28-21-7-3-5-18(15-21)8-9-20-6-1-2-10-25(20)12-13-26/h3,5,7,15-17,20H,1-2,4,6,8-14H2,(H,23,24). The smallest absolute Gasteiger partial charge is 0.257 e. The number of benzene rings is 1. The molecule has 1 amide bonds. The summed E-state index contributed by atoms with van der Waals surface area (Å²) in [6.07, 6.45) is 10.2. The molecule has 1 aromatic carbocycles. The maximum absolute atomic E-state index is 12.9. The number of carbonyl (C=O) groups is 1. The van der Waals surface area contributed by atoms with Gasteiger partial charge in [-0.2, -0.15) is 5.10 Å². The van der Waals surface area contributed by atoms with Gasteiger partial charge in [0.1, 0.15) is 5.75 Å². The highest BCUT2D eigenvalue weighted by atomic mass is 16.5. The highest BCUT2D eigenvalue weighted by Gasteiger charge is 2.24. The zero-order valence-corrected chi connectivity index (χ0v) is 16.5. The maximum Gasteiger partial charge on any atom is 0.257 e. The van der Waals surface area contributed by atoms with Crippen LogP contribution in [0.5, 0.6) is 5.75 Å². The van der Waals surface area contributed by atoms with E-state index in [4.69, 9.17) is 4.74 Å². The fraction of sp³-hybridized carbons (Fsp3) is 0.545. The van der Waals surface area contributed by atoms with E-state index in [1.54, 1.807) is 12.4 Å². The molecule has 1 aromatic heterocycles. The molecule has 1 unspecified atom stereocenters. The monoisotopic (exact) mass is 382 g/mol. The van der Waals surface area contributed by atoms with Crippen LogP contribution in [0.15, 0.2) is 36.7 Å². The number of H-pyrrole nitrogens is 1. The van der Waals surface area contributed by atoms with Crippen molar-refractivity contribution in [2.24, 2.45) is 0 Å². The van der Waals surface area contributed by atoms with Crippen LogP contribution in [-0.4, -0.2) is 64.7 Å². The van der Waals surface area contributed by atoms with Crippen molar-refractivity contribution < 1.29 is 9.53 Å². The Hall–Kier alpha value is -2.34. The fourth-order valence-electron chi connectivity index (χ4n) is 4.37. The first-order valence-electron chi connectivity index (χ1n) is 10.5. The second-order valence-electron chi connectivity index (χ2n) is 7.85. The van der Waals surface area contributed by atoms with Crippen LogP contribution in [0.2, 0.25) is 0 Å². The molecule has 2 aliphatic heterocycles. The number of aromatic nitrogens is 2. The van der Waals surface area contributed by atoms with Gasteiger partial charge in [-0.05, 0) is 56.3 Å². The van der Waals surface area contributed by atoms with Crippen molar-refractivity contribution in [3.05, 3.63) is 47.8 Å². The molecule has 150 valence electrons. The lowest BCUT2D eigenvalue weighted by Crippen LogP contribution is -2.45. The Labute approximate surface area is 166 Å². The fourth-order valence-corrected chi connectivity index (χ4v) is 4.37. The molecule has 1 atom stereocenters. The van der Waals surface area contributed by atoms with E-state index in [0.717, 1.165) is 38.2 Å². The molecule has 2 bridgehead atoms. The van der Waals surface area contributed by atoms with E-state index in [1.165, 1.54) is 31.2 Å². The highest BCUT2D eigenvalue weighted by Crippen LogP contribution is 2.23. The Balaban J connectivity index is 1.51. The predicted molar refractivity (Wildman–Crippen MR) is 109 cm³/mol. The number of fused-ring (bicyclic) bond motifs is 3. The van der Waals surface area contributed by atoms with E-state index in [9.17, 15) is 4.79 Å². The number of piperidine rings is 1. The van der Waals surface area contributed by atoms with Crippen LogP contribution >= 0.6 is 0 Å². The van der Waals surface area contributed by atoms with Crippen LogP contribution in [0.25, 0.3) is 0 Å². The summed E-state index contributed by atoms with van der Waals surface area (Å²) in [4.78, 5) is 17.5. The first-order chi connectivity index (χ1) is 13.8. The minimum atomic E-state index is 0.0522. The van der Waals surface area contributed by atoms with Crippen LogP contribution in [0.3, 0.4) is 0 Å². The van der Waals surface area contributed by atoms with E-state index < -0.39 is 0 Å². The lowest BCUT2D eigenvalue weighted by atomic mass is 9.95. The third kappa shape index (κ3) is 4.73. The summed E-state index contributed by atoms with van der Waals surface area (Å²) in [6, 6.07) is 9.10. The molecule has 6 heteroatoms. The van der Waals surface area contributed by atoms with Crippen molar-refractivity contribution >= 4 is 5.91 Å². The molecule has 1 N–H and O–H groups in total. The van der Waals surface area contributed by atoms with Crippen molar-refractivity contribution in [1.82, 2.24) is 20.0 Å². The topological polar surface area (TPSA) is 61.5 Å². The number of rotatable bonds is 1. The van der Waals surface area contributed by atoms with Crippen LogP contribution in [0.1, 0.15) is 48.0 Å². The zero-order chi connectivity index (χ0) is 19.2. The van der Waals surface area contributed by atoms with Crippen LogP contribution in [0.4, 0.5) is 0 Å². The minimum Gasteiger partial charge on any atom is -0.494 e. The minimum absolute atomic E-state index is 0.0522. The summed E-state index contributed by atoms with van der Waals surface area (Å²) in [5.74, 6) is 0.985. The maximum atomic E-state index is 12.9. The molecule has 1 fully saturated rings. The van der Waals surface area contributed by atoms with Gasteiger partial charge in [-0.1, -0.05) is 18.6 Å². The molecule has 0 spiro atoms. The summed E-state index contributed by atoms with van der Waals surface area (Å²) < 4.78 is 5.95. The molecule has 4 rings (SSSR count). The van der Waals surface area contributed by atoms with Gasteiger partial charge in [0.2, 0.25) is 0 Å². The Morgan fingerprint density at radius 2 is 2.07 bits per heavy atom. The second kappa shape index (κ2) is 9.24. The van der Waals surface area contributed by atoms with Crippen molar-refractivity contribution in [3.8, 4) is 5.75 Å². The molecule has 0 radical (unpaired) electrons. The highest BCUT2D eigenvalue weighted by molar-refractivity contribution is 5.93. The number of nitrogens with zero attached hydrogens (tertiary/aromatic N) is 3. The molecule has 0 saturated carbocycles. The van der Waals surface area contributed by atoms with Gasteiger partial charge < -0.3 is 9.64 Å². The summed E-state index contributed by atoms with van der Waals surface area (Å²) in [6.45, 7) is 4.15. The Kier molecular flexibility index (Phi) is 6.27. The number of ether oxygens (including phenoxy) is 1. The Morgan fingerprint density at radius 1 is 1.11 bits per heavy atom. The van der Waals surface area contributed by atoms with Crippen molar-refractivity contribution in [3.63, 3.8) is 0 Å². The first-order valence-corrected chi connectivity index (χ1v) is 10.5. The summed E-state index contributed by atoms with van der Waals surface area (Å²) in [5, 5.41) is 6.69. The van der Waals surface area contributed by atoms with Crippen molar-refractivity contribution in [1.29, 1.82) is 0 Å². The van der Waals surface area contributed by atoms with Crippen LogP contribution < -0.4 is 4.74 Å². The zero-order valence-electron chi connectivity index (χ0n) is 16.5. The SMILES string of the molecule is O=C(c1cn[nH]c1)N1CCCOc2cccc(c2)CCC2CCCCN2CC1. The molecule has 1 saturated heterocycles. The number of nitrogens with one attached hydrogen (secondary N) is 1. The number of hydrogen-bond donors (Lipinski definition) is 1. The van der Waals surface area contributed by atoms with E-state index in [2.05, 4.69) is 33.3 Å². The van der Waals surface area contributed by atoms with Gasteiger partial charge in [0.05, 0.1) is 18.4 Å². The van der Waals surface area contributed by atoms with Gasteiger partial charge in [-0.15, -0.1) is 0 Å². The van der Waals surface area contributed by atoms with Gasteiger partial charge in [-0.25, -0.2) is 0 Å². The lowest BCUT2D eigenvalue weighted by Gasteiger charge is -2.37. The van der Waals surface area contributed by atoms with Gasteiger partial charge in [0, 0.05) is 31.9 Å². The van der Waals surface area contributed by atoms with Gasteiger partial charge in [0.25, 0.3) is 5.91 Å². The molecule has 2 aromatic rings. The van der Waals surface area contributed by atoms with Gasteiger partial charge in [0.15, 0.2) is 0 Å². The average molecular weight is 383 g/mol. The van der Waals surface area contributed by atoms with Gasteiger partial charge >= 0.3 is 0 Å². The van der Waals surface area contributed by atoms with E-state index in [-0.39, 0.29) is 5.91 Å². The largest absolute Gasteiger partial charge is 0.494 e. The number of aryl methyl sites for hydroxylation is 1. The summed E-state index contributed by atoms with van der Waals surface area (Å²) in [7, 11) is 0. The third-order valence-electron chi connectivity index (χ3n) is 5.94. The molecule has 0 aliphatic carbocycles. The molecule has 28 heavy (non-hydrogen) atoms.